The van der Waals surface area contributed by atoms with Crippen LogP contribution >= 0.6 is 0 Å². The van der Waals surface area contributed by atoms with Crippen LogP contribution in [0.5, 0.6) is 11.5 Å². The van der Waals surface area contributed by atoms with Gasteiger partial charge < -0.3 is 14.8 Å². The van der Waals surface area contributed by atoms with E-state index in [9.17, 15) is 27.6 Å². The van der Waals surface area contributed by atoms with Crippen molar-refractivity contribution in [2.75, 3.05) is 6.61 Å². The third-order valence-electron chi connectivity index (χ3n) is 6.45. The van der Waals surface area contributed by atoms with Gasteiger partial charge in [-0.2, -0.15) is 13.2 Å². The predicted octanol–water partition coefficient (Wildman–Crippen LogP) is 7.20. The number of nitrogens with one attached hydrogen (secondary N) is 1. The number of ketones is 1. The van der Waals surface area contributed by atoms with Crippen molar-refractivity contribution in [2.45, 2.75) is 64.6 Å². The molecule has 1 N–H and O–H groups in total. The summed E-state index contributed by atoms with van der Waals surface area (Å²) < 4.78 is 51.1. The molecule has 0 heterocycles. The van der Waals surface area contributed by atoms with Gasteiger partial charge in [-0.3, -0.25) is 9.59 Å². The number of esters is 1. The Morgan fingerprint density at radius 3 is 2.10 bits per heavy atom. The fourth-order valence-electron chi connectivity index (χ4n) is 4.14. The van der Waals surface area contributed by atoms with Gasteiger partial charge in [0.2, 0.25) is 0 Å². The van der Waals surface area contributed by atoms with Gasteiger partial charge in [0.25, 0.3) is 5.91 Å². The summed E-state index contributed by atoms with van der Waals surface area (Å²) in [6.07, 6.45) is 1.04. The third kappa shape index (κ3) is 9.77. The molecule has 0 aromatic heterocycles. The molecule has 1 atom stereocenters. The molecule has 0 aliphatic heterocycles. The molecule has 9 heteroatoms. The number of Topliss-reactive ketones (excluding diaryl/α,β-unsaturated/α-hetero) is 1. The molecule has 0 saturated heterocycles. The van der Waals surface area contributed by atoms with E-state index in [1.165, 1.54) is 38.3 Å². The minimum atomic E-state index is -4.71. The molecule has 0 aliphatic rings. The first-order valence-electron chi connectivity index (χ1n) is 13.6. The lowest BCUT2D eigenvalue weighted by Gasteiger charge is -2.18. The van der Waals surface area contributed by atoms with Crippen LogP contribution in [0.1, 0.15) is 77.8 Å². The molecule has 218 valence electrons. The smallest absolute Gasteiger partial charge is 0.417 e. The van der Waals surface area contributed by atoms with E-state index in [4.69, 9.17) is 9.47 Å². The highest BCUT2D eigenvalue weighted by Crippen LogP contribution is 2.32. The van der Waals surface area contributed by atoms with E-state index in [2.05, 4.69) is 12.2 Å². The van der Waals surface area contributed by atoms with Gasteiger partial charge in [-0.25, -0.2) is 4.79 Å². The monoisotopic (exact) mass is 569 g/mol. The van der Waals surface area contributed by atoms with Crippen molar-refractivity contribution in [1.29, 1.82) is 0 Å². The molecular formula is C32H34F3NO5. The maximum Gasteiger partial charge on any atom is 0.417 e. The van der Waals surface area contributed by atoms with Crippen LogP contribution in [0.2, 0.25) is 0 Å². The van der Waals surface area contributed by atoms with E-state index in [1.54, 1.807) is 48.5 Å². The zero-order valence-corrected chi connectivity index (χ0v) is 23.1. The van der Waals surface area contributed by atoms with Gasteiger partial charge in [-0.1, -0.05) is 56.9 Å². The molecule has 0 unspecified atom stereocenters. The molecule has 0 bridgehead atoms. The summed E-state index contributed by atoms with van der Waals surface area (Å²) in [6, 6.07) is 16.4. The Hall–Kier alpha value is -4.14. The van der Waals surface area contributed by atoms with Crippen molar-refractivity contribution in [3.63, 3.8) is 0 Å². The fraction of sp³-hybridized carbons (Fsp3) is 0.344. The second-order valence-corrected chi connectivity index (χ2v) is 9.70. The molecule has 0 fully saturated rings. The number of halogens is 3. The highest BCUT2D eigenvalue weighted by molar-refractivity contribution is 5.99. The number of amides is 1. The SMILES string of the molecule is CCCCCCCOc1ccc(C(=O)Oc2ccc(C[C@H](NC(=O)c3ccccc3C(F)(F)F)C(C)=O)cc2)cc1. The Morgan fingerprint density at radius 2 is 1.46 bits per heavy atom. The summed E-state index contributed by atoms with van der Waals surface area (Å²) >= 11 is 0. The Bertz CT molecular complexity index is 1300. The molecule has 0 aliphatic carbocycles. The van der Waals surface area contributed by atoms with Gasteiger partial charge in [-0.05, 0) is 73.9 Å². The zero-order chi connectivity index (χ0) is 29.8. The molecule has 1 amide bonds. The van der Waals surface area contributed by atoms with Crippen molar-refractivity contribution >= 4 is 17.7 Å². The van der Waals surface area contributed by atoms with Crippen LogP contribution in [0.3, 0.4) is 0 Å². The van der Waals surface area contributed by atoms with Crippen molar-refractivity contribution in [3.8, 4) is 11.5 Å². The van der Waals surface area contributed by atoms with Gasteiger partial charge in [-0.15, -0.1) is 0 Å². The van der Waals surface area contributed by atoms with Crippen molar-refractivity contribution in [2.24, 2.45) is 0 Å². The Balaban J connectivity index is 1.55. The van der Waals surface area contributed by atoms with E-state index in [0.29, 0.717) is 23.5 Å². The second-order valence-electron chi connectivity index (χ2n) is 9.70. The standard InChI is InChI=1S/C32H34F3NO5/c1-3-4-5-6-9-20-40-25-18-14-24(15-19-25)31(39)41-26-16-12-23(13-17-26)21-29(22(2)37)36-30(38)27-10-7-8-11-28(27)32(33,34)35/h7-8,10-19,29H,3-6,9,20-21H2,1-2H3,(H,36,38)/t29-/m0/s1. The van der Waals surface area contributed by atoms with Crippen LogP contribution in [-0.2, 0) is 17.4 Å². The number of hydrogen-bond acceptors (Lipinski definition) is 5. The fourth-order valence-corrected chi connectivity index (χ4v) is 4.14. The molecule has 0 spiro atoms. The number of unbranched alkanes of at least 4 members (excludes halogenated alkanes) is 4. The summed E-state index contributed by atoms with van der Waals surface area (Å²) in [5, 5.41) is 2.41. The molecule has 0 radical (unpaired) electrons. The molecule has 3 rings (SSSR count). The maximum atomic E-state index is 13.3. The maximum absolute atomic E-state index is 13.3. The predicted molar refractivity (Wildman–Crippen MR) is 149 cm³/mol. The molecule has 3 aromatic rings. The Labute approximate surface area is 237 Å². The van der Waals surface area contributed by atoms with Crippen LogP contribution in [0.25, 0.3) is 0 Å². The number of hydrogen-bond donors (Lipinski definition) is 1. The average molecular weight is 570 g/mol. The Kier molecular flexibility index (Phi) is 11.5. The summed E-state index contributed by atoms with van der Waals surface area (Å²) in [4.78, 5) is 37.4. The third-order valence-corrected chi connectivity index (χ3v) is 6.45. The lowest BCUT2D eigenvalue weighted by atomic mass is 10.0. The molecule has 3 aromatic carbocycles. The van der Waals surface area contributed by atoms with Crippen LogP contribution in [0.4, 0.5) is 13.2 Å². The van der Waals surface area contributed by atoms with Gasteiger partial charge in [0.05, 0.1) is 29.3 Å². The number of rotatable bonds is 14. The topological polar surface area (TPSA) is 81.7 Å². The summed E-state index contributed by atoms with van der Waals surface area (Å²) in [6.45, 7) is 4.04. The molecular weight excluding hydrogens is 535 g/mol. The van der Waals surface area contributed by atoms with E-state index in [-0.39, 0.29) is 12.2 Å². The lowest BCUT2D eigenvalue weighted by molar-refractivity contribution is -0.137. The number of alkyl halides is 3. The van der Waals surface area contributed by atoms with E-state index in [1.807, 2.05) is 0 Å². The number of benzene rings is 3. The number of carbonyl (C=O) groups is 3. The first-order valence-corrected chi connectivity index (χ1v) is 13.6. The highest BCUT2D eigenvalue weighted by Gasteiger charge is 2.35. The van der Waals surface area contributed by atoms with E-state index >= 15 is 0 Å². The number of carbonyl (C=O) groups excluding carboxylic acids is 3. The lowest BCUT2D eigenvalue weighted by Crippen LogP contribution is -2.42. The zero-order valence-electron chi connectivity index (χ0n) is 23.1. The molecule has 6 nitrogen and oxygen atoms in total. The van der Waals surface area contributed by atoms with E-state index < -0.39 is 41.0 Å². The quantitative estimate of drug-likeness (QED) is 0.126. The van der Waals surface area contributed by atoms with Crippen molar-refractivity contribution < 1.29 is 37.0 Å². The summed E-state index contributed by atoms with van der Waals surface area (Å²) in [7, 11) is 0. The minimum Gasteiger partial charge on any atom is -0.494 e. The average Bonchev–Trinajstić information content (AvgIpc) is 2.95. The van der Waals surface area contributed by atoms with Gasteiger partial charge >= 0.3 is 12.1 Å². The molecule has 41 heavy (non-hydrogen) atoms. The van der Waals surface area contributed by atoms with Gasteiger partial charge in [0.15, 0.2) is 5.78 Å². The highest BCUT2D eigenvalue weighted by atomic mass is 19.4. The number of ether oxygens (including phenoxy) is 2. The van der Waals surface area contributed by atoms with Crippen LogP contribution in [0, 0.1) is 0 Å². The second kappa shape index (κ2) is 15.0. The van der Waals surface area contributed by atoms with Crippen LogP contribution < -0.4 is 14.8 Å². The Morgan fingerprint density at radius 1 is 0.829 bits per heavy atom. The summed E-state index contributed by atoms with van der Waals surface area (Å²) in [5.41, 5.74) is -0.671. The minimum absolute atomic E-state index is 0.0452. The normalized spacial score (nSPS) is 11.9. The van der Waals surface area contributed by atoms with Gasteiger partial charge in [0, 0.05) is 0 Å². The van der Waals surface area contributed by atoms with Crippen LogP contribution in [-0.4, -0.2) is 30.3 Å². The largest absolute Gasteiger partial charge is 0.494 e. The summed E-state index contributed by atoms with van der Waals surface area (Å²) in [5.74, 6) is -1.01. The van der Waals surface area contributed by atoms with Gasteiger partial charge in [0.1, 0.15) is 11.5 Å². The van der Waals surface area contributed by atoms with Crippen molar-refractivity contribution in [1.82, 2.24) is 5.32 Å². The van der Waals surface area contributed by atoms with Crippen molar-refractivity contribution in [3.05, 3.63) is 95.1 Å². The first kappa shape index (κ1) is 31.4. The van der Waals surface area contributed by atoms with E-state index in [0.717, 1.165) is 25.0 Å². The van der Waals surface area contributed by atoms with Crippen LogP contribution in [0.15, 0.2) is 72.8 Å². The first-order chi connectivity index (χ1) is 19.6. The molecule has 0 saturated carbocycles.